The van der Waals surface area contributed by atoms with Crippen LogP contribution in [-0.2, 0) is 16.1 Å². The molecule has 90 valence electrons. The van der Waals surface area contributed by atoms with Crippen molar-refractivity contribution in [2.45, 2.75) is 13.5 Å². The van der Waals surface area contributed by atoms with E-state index < -0.39 is 0 Å². The van der Waals surface area contributed by atoms with Crippen molar-refractivity contribution in [1.29, 1.82) is 0 Å². The van der Waals surface area contributed by atoms with Gasteiger partial charge in [-0.3, -0.25) is 9.20 Å². The van der Waals surface area contributed by atoms with E-state index in [-0.39, 0.29) is 12.5 Å². The fourth-order valence-corrected chi connectivity index (χ4v) is 1.43. The number of fused-ring (bicyclic) bond motifs is 1. The van der Waals surface area contributed by atoms with E-state index in [9.17, 15) is 4.79 Å². The molecule has 17 heavy (non-hydrogen) atoms. The molecule has 0 aliphatic heterocycles. The Balaban J connectivity index is 1.97. The van der Waals surface area contributed by atoms with Gasteiger partial charge in [0, 0.05) is 12.8 Å². The molecule has 6 heteroatoms. The molecule has 2 rings (SSSR count). The van der Waals surface area contributed by atoms with Gasteiger partial charge >= 0.3 is 0 Å². The van der Waals surface area contributed by atoms with Crippen LogP contribution in [0.5, 0.6) is 0 Å². The molecule has 1 amide bonds. The van der Waals surface area contributed by atoms with Gasteiger partial charge in [-0.25, -0.2) is 0 Å². The highest BCUT2D eigenvalue weighted by Crippen LogP contribution is 2.01. The van der Waals surface area contributed by atoms with Crippen molar-refractivity contribution in [3.05, 3.63) is 30.2 Å². The van der Waals surface area contributed by atoms with Crippen LogP contribution in [0.4, 0.5) is 0 Å². The van der Waals surface area contributed by atoms with Crippen molar-refractivity contribution < 1.29 is 9.53 Å². The van der Waals surface area contributed by atoms with E-state index in [1.54, 1.807) is 0 Å². The lowest BCUT2D eigenvalue weighted by Gasteiger charge is -2.03. The monoisotopic (exact) mass is 234 g/mol. The summed E-state index contributed by atoms with van der Waals surface area (Å²) in [6, 6.07) is 5.64. The average molecular weight is 234 g/mol. The van der Waals surface area contributed by atoms with Crippen LogP contribution >= 0.6 is 0 Å². The number of hydrogen-bond acceptors (Lipinski definition) is 4. The summed E-state index contributed by atoms with van der Waals surface area (Å²) < 4.78 is 6.83. The highest BCUT2D eigenvalue weighted by Gasteiger charge is 2.06. The number of carbonyl (C=O) groups is 1. The Morgan fingerprint density at radius 2 is 2.35 bits per heavy atom. The number of rotatable bonds is 5. The summed E-state index contributed by atoms with van der Waals surface area (Å²) in [5.41, 5.74) is 0.765. The highest BCUT2D eigenvalue weighted by molar-refractivity contribution is 5.77. The summed E-state index contributed by atoms with van der Waals surface area (Å²) in [5.74, 6) is 0.546. The SMILES string of the molecule is CCOCC(=O)NCc1nnc2ccccn12. The van der Waals surface area contributed by atoms with Crippen LogP contribution in [0.3, 0.4) is 0 Å². The zero-order valence-corrected chi connectivity index (χ0v) is 9.59. The molecule has 0 aromatic carbocycles. The number of pyridine rings is 1. The van der Waals surface area contributed by atoms with Gasteiger partial charge in [-0.05, 0) is 19.1 Å². The minimum Gasteiger partial charge on any atom is -0.372 e. The Kier molecular flexibility index (Phi) is 3.66. The number of ether oxygens (including phenoxy) is 1. The Bertz CT molecular complexity index is 509. The molecule has 0 atom stereocenters. The van der Waals surface area contributed by atoms with Crippen LogP contribution < -0.4 is 5.32 Å². The number of nitrogens with zero attached hydrogens (tertiary/aromatic N) is 3. The third-order valence-corrected chi connectivity index (χ3v) is 2.27. The fourth-order valence-electron chi connectivity index (χ4n) is 1.43. The molecule has 0 saturated carbocycles. The largest absolute Gasteiger partial charge is 0.372 e. The van der Waals surface area contributed by atoms with Gasteiger partial charge in [-0.15, -0.1) is 10.2 Å². The number of aromatic nitrogens is 3. The summed E-state index contributed by atoms with van der Waals surface area (Å²) in [6.45, 7) is 2.80. The Labute approximate surface area is 98.6 Å². The maximum absolute atomic E-state index is 11.3. The zero-order valence-electron chi connectivity index (χ0n) is 9.59. The predicted molar refractivity (Wildman–Crippen MR) is 61.3 cm³/mol. The molecular formula is C11H14N4O2. The quantitative estimate of drug-likeness (QED) is 0.812. The van der Waals surface area contributed by atoms with E-state index in [4.69, 9.17) is 4.74 Å². The number of hydrogen-bond donors (Lipinski definition) is 1. The van der Waals surface area contributed by atoms with E-state index in [0.717, 1.165) is 5.65 Å². The maximum atomic E-state index is 11.3. The van der Waals surface area contributed by atoms with E-state index in [1.807, 2.05) is 35.7 Å². The van der Waals surface area contributed by atoms with Crippen LogP contribution in [0.2, 0.25) is 0 Å². The Morgan fingerprint density at radius 3 is 3.18 bits per heavy atom. The molecular weight excluding hydrogens is 220 g/mol. The van der Waals surface area contributed by atoms with E-state index in [2.05, 4.69) is 15.5 Å². The van der Waals surface area contributed by atoms with Crippen molar-refractivity contribution in [2.75, 3.05) is 13.2 Å². The van der Waals surface area contributed by atoms with Gasteiger partial charge in [0.25, 0.3) is 0 Å². The molecule has 2 aromatic heterocycles. The molecule has 0 aliphatic carbocycles. The van der Waals surface area contributed by atoms with Crippen molar-refractivity contribution in [3.8, 4) is 0 Å². The van der Waals surface area contributed by atoms with Crippen LogP contribution in [-0.4, -0.2) is 33.7 Å². The first kappa shape index (κ1) is 11.5. The normalized spacial score (nSPS) is 10.6. The van der Waals surface area contributed by atoms with Crippen LogP contribution in [0.1, 0.15) is 12.7 Å². The molecule has 0 unspecified atom stereocenters. The Morgan fingerprint density at radius 1 is 1.47 bits per heavy atom. The molecule has 0 fully saturated rings. The number of nitrogens with one attached hydrogen (secondary N) is 1. The van der Waals surface area contributed by atoms with Gasteiger partial charge in [0.1, 0.15) is 6.61 Å². The van der Waals surface area contributed by atoms with Crippen molar-refractivity contribution >= 4 is 11.6 Å². The van der Waals surface area contributed by atoms with Crippen molar-refractivity contribution in [1.82, 2.24) is 19.9 Å². The standard InChI is InChI=1S/C11H14N4O2/c1-2-17-8-11(16)12-7-10-14-13-9-5-3-4-6-15(9)10/h3-6H,2,7-8H2,1H3,(H,12,16). The molecule has 0 aliphatic rings. The second-order valence-corrected chi connectivity index (χ2v) is 3.46. The Hall–Kier alpha value is -1.95. The first-order valence-corrected chi connectivity index (χ1v) is 5.44. The third-order valence-electron chi connectivity index (χ3n) is 2.27. The molecule has 1 N–H and O–H groups in total. The molecule has 2 heterocycles. The third kappa shape index (κ3) is 2.79. The zero-order chi connectivity index (χ0) is 12.1. The minimum atomic E-state index is -0.153. The number of amides is 1. The molecule has 6 nitrogen and oxygen atoms in total. The van der Waals surface area contributed by atoms with Gasteiger partial charge in [-0.1, -0.05) is 6.07 Å². The van der Waals surface area contributed by atoms with E-state index in [0.29, 0.717) is 19.0 Å². The lowest BCUT2D eigenvalue weighted by Crippen LogP contribution is -2.27. The van der Waals surface area contributed by atoms with Gasteiger partial charge < -0.3 is 10.1 Å². The van der Waals surface area contributed by atoms with Crippen LogP contribution in [0.15, 0.2) is 24.4 Å². The minimum absolute atomic E-state index is 0.0766. The topological polar surface area (TPSA) is 68.5 Å². The molecule has 0 saturated heterocycles. The highest BCUT2D eigenvalue weighted by atomic mass is 16.5. The second kappa shape index (κ2) is 5.40. The molecule has 0 bridgehead atoms. The van der Waals surface area contributed by atoms with Crippen molar-refractivity contribution in [2.24, 2.45) is 0 Å². The predicted octanol–water partition coefficient (Wildman–Crippen LogP) is 0.382. The fraction of sp³-hybridized carbons (Fsp3) is 0.364. The van der Waals surface area contributed by atoms with Crippen LogP contribution in [0, 0.1) is 0 Å². The summed E-state index contributed by atoms with van der Waals surface area (Å²) in [6.07, 6.45) is 1.86. The summed E-state index contributed by atoms with van der Waals surface area (Å²) >= 11 is 0. The first-order chi connectivity index (χ1) is 8.31. The van der Waals surface area contributed by atoms with Gasteiger partial charge in [0.05, 0.1) is 6.54 Å². The van der Waals surface area contributed by atoms with E-state index >= 15 is 0 Å². The summed E-state index contributed by atoms with van der Waals surface area (Å²) in [5, 5.41) is 10.7. The first-order valence-electron chi connectivity index (χ1n) is 5.44. The molecule has 2 aromatic rings. The summed E-state index contributed by atoms with van der Waals surface area (Å²) in [7, 11) is 0. The van der Waals surface area contributed by atoms with Gasteiger partial charge in [0.15, 0.2) is 11.5 Å². The maximum Gasteiger partial charge on any atom is 0.246 e. The van der Waals surface area contributed by atoms with Crippen molar-refractivity contribution in [3.63, 3.8) is 0 Å². The van der Waals surface area contributed by atoms with Gasteiger partial charge in [-0.2, -0.15) is 0 Å². The second-order valence-electron chi connectivity index (χ2n) is 3.46. The van der Waals surface area contributed by atoms with E-state index in [1.165, 1.54) is 0 Å². The van der Waals surface area contributed by atoms with Crippen LogP contribution in [0.25, 0.3) is 5.65 Å². The molecule has 0 spiro atoms. The number of carbonyl (C=O) groups excluding carboxylic acids is 1. The molecule has 0 radical (unpaired) electrons. The summed E-state index contributed by atoms with van der Waals surface area (Å²) in [4.78, 5) is 11.3. The smallest absolute Gasteiger partial charge is 0.246 e. The lowest BCUT2D eigenvalue weighted by molar-refractivity contribution is -0.125. The average Bonchev–Trinajstić information content (AvgIpc) is 2.77. The van der Waals surface area contributed by atoms with Gasteiger partial charge in [0.2, 0.25) is 5.91 Å². The lowest BCUT2D eigenvalue weighted by atomic mass is 10.4.